The van der Waals surface area contributed by atoms with Gasteiger partial charge in [0.2, 0.25) is 5.91 Å². The number of rotatable bonds is 4. The van der Waals surface area contributed by atoms with Crippen LogP contribution in [0.5, 0.6) is 0 Å². The summed E-state index contributed by atoms with van der Waals surface area (Å²) in [4.78, 5) is 18.4. The quantitative estimate of drug-likeness (QED) is 0.625. The Labute approximate surface area is 205 Å². The van der Waals surface area contributed by atoms with E-state index in [-0.39, 0.29) is 18.3 Å². The molecule has 3 aliphatic heterocycles. The lowest BCUT2D eigenvalue weighted by Gasteiger charge is -2.43. The fourth-order valence-corrected chi connectivity index (χ4v) is 6.25. The van der Waals surface area contributed by atoms with Crippen molar-refractivity contribution in [1.29, 1.82) is 0 Å². The fourth-order valence-electron chi connectivity index (χ4n) is 6.25. The average molecular weight is 474 g/mol. The number of anilines is 1. The zero-order chi connectivity index (χ0) is 24.0. The van der Waals surface area contributed by atoms with Crippen LogP contribution < -0.4 is 10.2 Å². The lowest BCUT2D eigenvalue weighted by atomic mass is 9.73. The summed E-state index contributed by atoms with van der Waals surface area (Å²) in [5, 5.41) is 7.70. The van der Waals surface area contributed by atoms with Crippen molar-refractivity contribution in [3.63, 3.8) is 0 Å². The third kappa shape index (κ3) is 3.87. The molecule has 0 bridgehead atoms. The Morgan fingerprint density at radius 2 is 1.97 bits per heavy atom. The maximum Gasteiger partial charge on any atom is 0.238 e. The van der Waals surface area contributed by atoms with E-state index in [4.69, 9.17) is 0 Å². The van der Waals surface area contributed by atoms with Crippen molar-refractivity contribution in [2.75, 3.05) is 31.1 Å². The van der Waals surface area contributed by atoms with Crippen LogP contribution in [0, 0.1) is 5.82 Å². The van der Waals surface area contributed by atoms with Gasteiger partial charge in [0.05, 0.1) is 18.2 Å². The van der Waals surface area contributed by atoms with Gasteiger partial charge in [-0.05, 0) is 68.6 Å². The van der Waals surface area contributed by atoms with E-state index in [0.29, 0.717) is 11.6 Å². The van der Waals surface area contributed by atoms with Gasteiger partial charge in [0.1, 0.15) is 5.82 Å². The molecule has 2 fully saturated rings. The molecule has 182 valence electrons. The predicted molar refractivity (Wildman–Crippen MR) is 135 cm³/mol. The highest BCUT2D eigenvalue weighted by Gasteiger charge is 2.52. The van der Waals surface area contributed by atoms with E-state index in [1.165, 1.54) is 12.8 Å². The predicted octanol–water partition coefficient (Wildman–Crippen LogP) is 3.86. The summed E-state index contributed by atoms with van der Waals surface area (Å²) in [5.74, 6) is -0.173. The minimum atomic E-state index is -0.499. The molecule has 1 amide bonds. The molecule has 6 nitrogen and oxygen atoms in total. The second-order valence-corrected chi connectivity index (χ2v) is 10.2. The topological polar surface area (TPSA) is 53.4 Å². The van der Waals surface area contributed by atoms with Crippen LogP contribution in [0.15, 0.2) is 54.9 Å². The van der Waals surface area contributed by atoms with Crippen molar-refractivity contribution in [1.82, 2.24) is 20.0 Å². The third-order valence-corrected chi connectivity index (χ3v) is 8.22. The van der Waals surface area contributed by atoms with Crippen LogP contribution in [0.3, 0.4) is 0 Å². The van der Waals surface area contributed by atoms with Crippen LogP contribution in [0.4, 0.5) is 10.1 Å². The molecular formula is C28H32FN5O. The molecular weight excluding hydrogens is 441 g/mol. The van der Waals surface area contributed by atoms with Gasteiger partial charge in [0, 0.05) is 42.6 Å². The monoisotopic (exact) mass is 473 g/mol. The highest BCUT2D eigenvalue weighted by molar-refractivity contribution is 6.08. The molecule has 2 saturated heterocycles. The molecule has 6 rings (SSSR count). The molecule has 1 spiro atoms. The standard InChI is InChI=1S/C28H32FN5O/c1-32-18-22(16-31-32)20-8-9-21(25(29)15-20)19-34-26-7-3-2-6-24(26)28(27(34)35)10-13-33(14-11-28)23-5-4-12-30-17-23/h2-3,6-9,15-16,18,23,30H,4-5,10-14,17,19H2,1H3. The molecule has 0 radical (unpaired) electrons. The molecule has 35 heavy (non-hydrogen) atoms. The zero-order valence-corrected chi connectivity index (χ0v) is 20.2. The van der Waals surface area contributed by atoms with Gasteiger partial charge >= 0.3 is 0 Å². The lowest BCUT2D eigenvalue weighted by Crippen LogP contribution is -2.54. The first-order valence-electron chi connectivity index (χ1n) is 12.7. The Kier molecular flexibility index (Phi) is 5.69. The number of aryl methyl sites for hydroxylation is 1. The molecule has 7 heteroatoms. The van der Waals surface area contributed by atoms with Crippen molar-refractivity contribution in [2.45, 2.75) is 43.7 Å². The number of nitrogens with zero attached hydrogens (tertiary/aromatic N) is 4. The molecule has 3 aliphatic rings. The molecule has 0 saturated carbocycles. The first-order chi connectivity index (χ1) is 17.0. The normalized spacial score (nSPS) is 22.1. The number of hydrogen-bond acceptors (Lipinski definition) is 4. The van der Waals surface area contributed by atoms with Gasteiger partial charge in [-0.2, -0.15) is 5.10 Å². The van der Waals surface area contributed by atoms with Gasteiger partial charge in [-0.15, -0.1) is 0 Å². The number of likely N-dealkylation sites (tertiary alicyclic amines) is 1. The smallest absolute Gasteiger partial charge is 0.238 e. The van der Waals surface area contributed by atoms with E-state index in [9.17, 15) is 4.79 Å². The highest BCUT2D eigenvalue weighted by Crippen LogP contribution is 2.48. The Bertz CT molecular complexity index is 1240. The van der Waals surface area contributed by atoms with Crippen molar-refractivity contribution in [3.8, 4) is 11.1 Å². The first-order valence-corrected chi connectivity index (χ1v) is 12.7. The summed E-state index contributed by atoms with van der Waals surface area (Å²) in [6, 6.07) is 13.9. The second kappa shape index (κ2) is 8.88. The van der Waals surface area contributed by atoms with E-state index in [1.807, 2.05) is 42.4 Å². The van der Waals surface area contributed by atoms with Crippen LogP contribution in [0.1, 0.15) is 36.8 Å². The number of aromatic nitrogens is 2. The van der Waals surface area contributed by atoms with E-state index in [0.717, 1.165) is 61.4 Å². The van der Waals surface area contributed by atoms with Crippen LogP contribution in [-0.4, -0.2) is 52.8 Å². The Balaban J connectivity index is 1.25. The van der Waals surface area contributed by atoms with Crippen molar-refractivity contribution in [3.05, 3.63) is 71.8 Å². The van der Waals surface area contributed by atoms with Gasteiger partial charge < -0.3 is 10.2 Å². The number of benzene rings is 2. The summed E-state index contributed by atoms with van der Waals surface area (Å²) in [6.07, 6.45) is 7.68. The Hall–Kier alpha value is -3.03. The number of para-hydroxylation sites is 1. The third-order valence-electron chi connectivity index (χ3n) is 8.22. The van der Waals surface area contributed by atoms with Crippen molar-refractivity contribution >= 4 is 11.6 Å². The van der Waals surface area contributed by atoms with E-state index in [1.54, 1.807) is 23.0 Å². The van der Waals surface area contributed by atoms with Gasteiger partial charge in [-0.25, -0.2) is 4.39 Å². The van der Waals surface area contributed by atoms with Crippen LogP contribution in [0.2, 0.25) is 0 Å². The number of hydrogen-bond donors (Lipinski definition) is 1. The number of halogens is 1. The molecule has 1 aromatic heterocycles. The van der Waals surface area contributed by atoms with Crippen molar-refractivity contribution < 1.29 is 9.18 Å². The number of nitrogens with one attached hydrogen (secondary N) is 1. The average Bonchev–Trinajstić information content (AvgIpc) is 3.42. The molecule has 1 unspecified atom stereocenters. The van der Waals surface area contributed by atoms with Crippen LogP contribution in [-0.2, 0) is 23.8 Å². The molecule has 4 heterocycles. The number of carbonyl (C=O) groups is 1. The second-order valence-electron chi connectivity index (χ2n) is 10.2. The molecule has 3 aromatic rings. The summed E-state index contributed by atoms with van der Waals surface area (Å²) in [7, 11) is 1.84. The first kappa shape index (κ1) is 22.4. The van der Waals surface area contributed by atoms with Gasteiger partial charge in [-0.1, -0.05) is 30.3 Å². The summed E-state index contributed by atoms with van der Waals surface area (Å²) in [6.45, 7) is 4.24. The largest absolute Gasteiger partial charge is 0.315 e. The number of carbonyl (C=O) groups excluding carboxylic acids is 1. The Morgan fingerprint density at radius 1 is 1.14 bits per heavy atom. The summed E-state index contributed by atoms with van der Waals surface area (Å²) >= 11 is 0. The minimum Gasteiger partial charge on any atom is -0.315 e. The summed E-state index contributed by atoms with van der Waals surface area (Å²) in [5.41, 5.74) is 3.73. The fraction of sp³-hybridized carbons (Fsp3) is 0.429. The zero-order valence-electron chi connectivity index (χ0n) is 20.2. The number of fused-ring (bicyclic) bond motifs is 2. The van der Waals surface area contributed by atoms with Crippen molar-refractivity contribution in [2.24, 2.45) is 7.05 Å². The maximum absolute atomic E-state index is 15.2. The summed E-state index contributed by atoms with van der Waals surface area (Å²) < 4.78 is 16.9. The number of piperidine rings is 2. The number of amides is 1. The van der Waals surface area contributed by atoms with Gasteiger partial charge in [-0.3, -0.25) is 14.4 Å². The molecule has 0 aliphatic carbocycles. The minimum absolute atomic E-state index is 0.121. The Morgan fingerprint density at radius 3 is 2.69 bits per heavy atom. The SMILES string of the molecule is Cn1cc(-c2ccc(CN3C(=O)C4(CCN(C5CCCNC5)CC4)c4ccccc43)c(F)c2)cn1. The lowest BCUT2D eigenvalue weighted by molar-refractivity contribution is -0.125. The van der Waals surface area contributed by atoms with Crippen LogP contribution >= 0.6 is 0 Å². The van der Waals surface area contributed by atoms with E-state index >= 15 is 4.39 Å². The van der Waals surface area contributed by atoms with Gasteiger partial charge in [0.25, 0.3) is 0 Å². The molecule has 1 atom stereocenters. The van der Waals surface area contributed by atoms with Gasteiger partial charge in [0.15, 0.2) is 0 Å². The van der Waals surface area contributed by atoms with E-state index < -0.39 is 5.41 Å². The van der Waals surface area contributed by atoms with Crippen LogP contribution in [0.25, 0.3) is 11.1 Å². The molecule has 2 aromatic carbocycles. The van der Waals surface area contributed by atoms with E-state index in [2.05, 4.69) is 21.4 Å². The highest BCUT2D eigenvalue weighted by atomic mass is 19.1. The molecule has 1 N–H and O–H groups in total. The maximum atomic E-state index is 15.2.